The summed E-state index contributed by atoms with van der Waals surface area (Å²) in [6.45, 7) is 1.45. The molecule has 1 N–H and O–H groups in total. The molecule has 0 aromatic carbocycles. The van der Waals surface area contributed by atoms with Crippen molar-refractivity contribution in [3.8, 4) is 0 Å². The van der Waals surface area contributed by atoms with E-state index in [1.165, 1.54) is 8.61 Å². The summed E-state index contributed by atoms with van der Waals surface area (Å²) in [6.07, 6.45) is 6.68. The van der Waals surface area contributed by atoms with Crippen molar-refractivity contribution >= 4 is 16.2 Å². The lowest BCUT2D eigenvalue weighted by molar-refractivity contribution is -0.142. The van der Waals surface area contributed by atoms with Gasteiger partial charge in [0.1, 0.15) is 6.04 Å². The van der Waals surface area contributed by atoms with Crippen LogP contribution in [0.25, 0.3) is 0 Å². The fourth-order valence-corrected chi connectivity index (χ4v) is 6.16. The maximum atomic E-state index is 12.9. The van der Waals surface area contributed by atoms with Gasteiger partial charge < -0.3 is 5.11 Å². The summed E-state index contributed by atoms with van der Waals surface area (Å²) in [5.41, 5.74) is 0. The highest BCUT2D eigenvalue weighted by Gasteiger charge is 2.53. The topological polar surface area (TPSA) is 77.9 Å². The molecule has 0 bridgehead atoms. The average molecular weight is 316 g/mol. The van der Waals surface area contributed by atoms with Crippen molar-refractivity contribution in [1.29, 1.82) is 0 Å². The van der Waals surface area contributed by atoms with Gasteiger partial charge in [-0.05, 0) is 37.5 Å². The molecule has 7 heteroatoms. The van der Waals surface area contributed by atoms with Crippen molar-refractivity contribution in [2.45, 2.75) is 51.0 Å². The first-order valence-electron chi connectivity index (χ1n) is 8.01. The maximum Gasteiger partial charge on any atom is 0.322 e. The Morgan fingerprint density at radius 3 is 2.29 bits per heavy atom. The predicted molar refractivity (Wildman–Crippen MR) is 77.9 cm³/mol. The van der Waals surface area contributed by atoms with Crippen LogP contribution in [0.2, 0.25) is 0 Å². The molecule has 120 valence electrons. The summed E-state index contributed by atoms with van der Waals surface area (Å²) in [5.74, 6) is -0.750. The van der Waals surface area contributed by atoms with Gasteiger partial charge in [-0.3, -0.25) is 4.79 Å². The van der Waals surface area contributed by atoms with E-state index in [4.69, 9.17) is 0 Å². The smallest absolute Gasteiger partial charge is 0.322 e. The molecule has 0 spiro atoms. The number of hydrogen-bond acceptors (Lipinski definition) is 3. The summed E-state index contributed by atoms with van der Waals surface area (Å²) in [5, 5.41) is 9.52. The van der Waals surface area contributed by atoms with Gasteiger partial charge in [0.15, 0.2) is 0 Å². The van der Waals surface area contributed by atoms with Gasteiger partial charge >= 0.3 is 5.97 Å². The fraction of sp³-hybridized carbons (Fsp3) is 0.929. The first kappa shape index (κ1) is 15.2. The Morgan fingerprint density at radius 2 is 1.67 bits per heavy atom. The van der Waals surface area contributed by atoms with E-state index in [0.29, 0.717) is 19.6 Å². The van der Waals surface area contributed by atoms with Gasteiger partial charge in [-0.25, -0.2) is 0 Å². The van der Waals surface area contributed by atoms with Gasteiger partial charge in [0, 0.05) is 19.6 Å². The Bertz CT molecular complexity index is 499. The highest BCUT2D eigenvalue weighted by Crippen LogP contribution is 2.43. The van der Waals surface area contributed by atoms with E-state index in [-0.39, 0.29) is 11.8 Å². The van der Waals surface area contributed by atoms with Crippen LogP contribution in [-0.2, 0) is 15.0 Å². The number of carbonyl (C=O) groups is 1. The largest absolute Gasteiger partial charge is 0.480 e. The number of carboxylic acids is 1. The van der Waals surface area contributed by atoms with E-state index in [9.17, 15) is 18.3 Å². The van der Waals surface area contributed by atoms with Crippen molar-refractivity contribution in [1.82, 2.24) is 8.61 Å². The monoisotopic (exact) mass is 316 g/mol. The normalized spacial score (nSPS) is 35.5. The minimum Gasteiger partial charge on any atom is -0.480 e. The lowest BCUT2D eigenvalue weighted by atomic mass is 9.94. The van der Waals surface area contributed by atoms with Gasteiger partial charge in [-0.15, -0.1) is 0 Å². The van der Waals surface area contributed by atoms with Crippen LogP contribution < -0.4 is 0 Å². The summed E-state index contributed by atoms with van der Waals surface area (Å²) in [6, 6.07) is -0.856. The van der Waals surface area contributed by atoms with Crippen LogP contribution in [0.3, 0.4) is 0 Å². The zero-order valence-electron chi connectivity index (χ0n) is 12.3. The highest BCUT2D eigenvalue weighted by molar-refractivity contribution is 7.86. The summed E-state index contributed by atoms with van der Waals surface area (Å²) in [4.78, 5) is 11.6. The molecular weight excluding hydrogens is 292 g/mol. The molecular formula is C14H24N2O4S. The predicted octanol–water partition coefficient (Wildman–Crippen LogP) is 1.29. The Hall–Kier alpha value is -0.660. The van der Waals surface area contributed by atoms with Crippen molar-refractivity contribution in [3.63, 3.8) is 0 Å². The Kier molecular flexibility index (Phi) is 4.25. The molecule has 21 heavy (non-hydrogen) atoms. The van der Waals surface area contributed by atoms with Crippen LogP contribution in [0.1, 0.15) is 44.9 Å². The van der Waals surface area contributed by atoms with Crippen molar-refractivity contribution in [2.24, 2.45) is 11.8 Å². The molecule has 0 aromatic heterocycles. The third-order valence-electron chi connectivity index (χ3n) is 5.29. The van der Waals surface area contributed by atoms with E-state index >= 15 is 0 Å². The highest BCUT2D eigenvalue weighted by atomic mass is 32.2. The molecule has 2 saturated heterocycles. The lowest BCUT2D eigenvalue weighted by Crippen LogP contribution is -2.50. The summed E-state index contributed by atoms with van der Waals surface area (Å²) in [7, 11) is -3.64. The third-order valence-corrected chi connectivity index (χ3v) is 7.28. The molecule has 0 aromatic rings. The van der Waals surface area contributed by atoms with Gasteiger partial charge in [0.2, 0.25) is 0 Å². The van der Waals surface area contributed by atoms with Crippen LogP contribution in [-0.4, -0.2) is 53.8 Å². The minimum atomic E-state index is -3.64. The fourth-order valence-electron chi connectivity index (χ4n) is 4.23. The van der Waals surface area contributed by atoms with E-state index < -0.39 is 22.2 Å². The summed E-state index contributed by atoms with van der Waals surface area (Å²) < 4.78 is 28.5. The number of nitrogens with zero attached hydrogens (tertiary/aromatic N) is 2. The van der Waals surface area contributed by atoms with Crippen LogP contribution in [0.5, 0.6) is 0 Å². The average Bonchev–Trinajstić information content (AvgIpc) is 2.88. The van der Waals surface area contributed by atoms with Crippen LogP contribution >= 0.6 is 0 Å². The van der Waals surface area contributed by atoms with Crippen LogP contribution in [0, 0.1) is 11.8 Å². The minimum absolute atomic E-state index is 0.00394. The zero-order chi connectivity index (χ0) is 15.0. The number of aliphatic carboxylic acids is 1. The van der Waals surface area contributed by atoms with Crippen LogP contribution in [0.15, 0.2) is 0 Å². The molecule has 0 amide bonds. The van der Waals surface area contributed by atoms with Gasteiger partial charge in [-0.1, -0.05) is 19.3 Å². The molecule has 2 aliphatic heterocycles. The van der Waals surface area contributed by atoms with E-state index in [1.54, 1.807) is 0 Å². The second-order valence-corrected chi connectivity index (χ2v) is 8.41. The quantitative estimate of drug-likeness (QED) is 0.851. The van der Waals surface area contributed by atoms with E-state index in [2.05, 4.69) is 0 Å². The summed E-state index contributed by atoms with van der Waals surface area (Å²) >= 11 is 0. The SMILES string of the molecule is O=C(O)C1C2CCCC2CN1S(=O)(=O)N1CCCCCC1. The number of fused-ring (bicyclic) bond motifs is 1. The second-order valence-electron chi connectivity index (χ2n) is 6.53. The first-order chi connectivity index (χ1) is 10.0. The number of rotatable bonds is 3. The Morgan fingerprint density at radius 1 is 1.00 bits per heavy atom. The molecule has 3 fully saturated rings. The molecule has 3 atom stereocenters. The third kappa shape index (κ3) is 2.71. The van der Waals surface area contributed by atoms with Crippen molar-refractivity contribution in [3.05, 3.63) is 0 Å². The van der Waals surface area contributed by atoms with Crippen molar-refractivity contribution < 1.29 is 18.3 Å². The molecule has 3 rings (SSSR count). The standard InChI is InChI=1S/C14H24N2O4S/c17-14(18)13-12-7-5-6-11(12)10-16(13)21(19,20)15-8-3-1-2-4-9-15/h11-13H,1-10H2,(H,17,18). The van der Waals surface area contributed by atoms with Crippen LogP contribution in [0.4, 0.5) is 0 Å². The molecule has 1 aliphatic carbocycles. The van der Waals surface area contributed by atoms with Crippen molar-refractivity contribution in [2.75, 3.05) is 19.6 Å². The maximum absolute atomic E-state index is 12.9. The Balaban J connectivity index is 1.85. The number of hydrogen-bond donors (Lipinski definition) is 1. The van der Waals surface area contributed by atoms with E-state index in [0.717, 1.165) is 44.9 Å². The Labute approximate surface area is 126 Å². The van der Waals surface area contributed by atoms with E-state index in [1.807, 2.05) is 0 Å². The molecule has 0 radical (unpaired) electrons. The molecule has 3 unspecified atom stereocenters. The molecule has 6 nitrogen and oxygen atoms in total. The molecule has 1 saturated carbocycles. The second kappa shape index (κ2) is 5.85. The zero-order valence-corrected chi connectivity index (χ0v) is 13.1. The number of carboxylic acid groups (broad SMARTS) is 1. The lowest BCUT2D eigenvalue weighted by Gasteiger charge is -2.30. The molecule has 2 heterocycles. The van der Waals surface area contributed by atoms with Gasteiger partial charge in [0.25, 0.3) is 10.2 Å². The molecule has 3 aliphatic rings. The van der Waals surface area contributed by atoms with Gasteiger partial charge in [0.05, 0.1) is 0 Å². The van der Waals surface area contributed by atoms with Gasteiger partial charge in [-0.2, -0.15) is 17.0 Å². The first-order valence-corrected chi connectivity index (χ1v) is 9.41.